The van der Waals surface area contributed by atoms with Crippen LogP contribution >= 0.6 is 34.8 Å². The minimum absolute atomic E-state index is 0.0798. The lowest BCUT2D eigenvalue weighted by atomic mass is 10.1. The van der Waals surface area contributed by atoms with Crippen molar-refractivity contribution < 1.29 is 19.2 Å². The molecule has 1 atom stereocenters. The molecule has 0 radical (unpaired) electrons. The van der Waals surface area contributed by atoms with Crippen LogP contribution in [0.3, 0.4) is 0 Å². The van der Waals surface area contributed by atoms with E-state index in [4.69, 9.17) is 39.5 Å². The normalized spacial score (nSPS) is 11.6. The third-order valence-electron chi connectivity index (χ3n) is 3.52. The number of nitro groups is 1. The second kappa shape index (κ2) is 9.03. The van der Waals surface area contributed by atoms with Crippen molar-refractivity contribution in [2.75, 3.05) is 6.61 Å². The van der Waals surface area contributed by atoms with Gasteiger partial charge in [0, 0.05) is 22.2 Å². The van der Waals surface area contributed by atoms with Crippen molar-refractivity contribution >= 4 is 52.4 Å². The zero-order chi connectivity index (χ0) is 20.1. The van der Waals surface area contributed by atoms with Crippen LogP contribution in [0.25, 0.3) is 0 Å². The Morgan fingerprint density at radius 2 is 1.85 bits per heavy atom. The Hall–Kier alpha value is -2.35. The third kappa shape index (κ3) is 5.56. The molecule has 1 amide bonds. The molecule has 0 heterocycles. The van der Waals surface area contributed by atoms with Gasteiger partial charge in [0.05, 0.1) is 21.6 Å². The number of esters is 1. The zero-order valence-electron chi connectivity index (χ0n) is 13.9. The van der Waals surface area contributed by atoms with Crippen molar-refractivity contribution in [3.05, 3.63) is 72.7 Å². The van der Waals surface area contributed by atoms with Crippen molar-refractivity contribution in [1.82, 2.24) is 5.32 Å². The number of carbonyl (C=O) groups is 2. The van der Waals surface area contributed by atoms with Gasteiger partial charge < -0.3 is 10.1 Å². The molecule has 0 aromatic heterocycles. The lowest BCUT2D eigenvalue weighted by molar-refractivity contribution is -0.384. The Kier molecular flexibility index (Phi) is 7.01. The second-order valence-corrected chi connectivity index (χ2v) is 6.70. The van der Waals surface area contributed by atoms with E-state index in [0.717, 1.165) is 18.2 Å². The number of halogens is 3. The van der Waals surface area contributed by atoms with Gasteiger partial charge in [-0.15, -0.1) is 0 Å². The van der Waals surface area contributed by atoms with Gasteiger partial charge in [0.2, 0.25) is 0 Å². The van der Waals surface area contributed by atoms with Crippen LogP contribution in [0.4, 0.5) is 5.69 Å². The van der Waals surface area contributed by atoms with E-state index in [1.807, 2.05) is 0 Å². The van der Waals surface area contributed by atoms with E-state index in [0.29, 0.717) is 15.6 Å². The quantitative estimate of drug-likeness (QED) is 0.410. The molecule has 10 heteroatoms. The molecular formula is C17H13Cl3N2O5. The highest BCUT2D eigenvalue weighted by molar-refractivity contribution is 6.35. The van der Waals surface area contributed by atoms with Crippen LogP contribution in [0.5, 0.6) is 0 Å². The first-order valence-electron chi connectivity index (χ1n) is 7.54. The number of hydrogen-bond donors (Lipinski definition) is 1. The molecule has 1 N–H and O–H groups in total. The number of non-ortho nitro benzene ring substituents is 1. The van der Waals surface area contributed by atoms with E-state index in [-0.39, 0.29) is 16.3 Å². The number of nitro benzene ring substituents is 1. The molecule has 2 rings (SSSR count). The Bertz CT molecular complexity index is 904. The molecule has 0 saturated heterocycles. The standard InChI is InChI=1S/C17H13Cl3N2O5/c1-9(12-4-2-10(18)6-14(12)19)21-16(23)8-27-17(24)13-5-3-11(22(25)26)7-15(13)20/h2-7,9H,8H2,1H3,(H,21,23). The zero-order valence-corrected chi connectivity index (χ0v) is 16.1. The van der Waals surface area contributed by atoms with Crippen molar-refractivity contribution in [2.24, 2.45) is 0 Å². The summed E-state index contributed by atoms with van der Waals surface area (Å²) in [4.78, 5) is 34.0. The number of nitrogens with zero attached hydrogens (tertiary/aromatic N) is 1. The molecule has 2 aromatic carbocycles. The lowest BCUT2D eigenvalue weighted by Crippen LogP contribution is -2.31. The summed E-state index contributed by atoms with van der Waals surface area (Å²) in [5.41, 5.74) is 0.311. The Morgan fingerprint density at radius 1 is 1.15 bits per heavy atom. The SMILES string of the molecule is CC(NC(=O)COC(=O)c1ccc([N+](=O)[O-])cc1Cl)c1ccc(Cl)cc1Cl. The molecule has 0 aliphatic rings. The van der Waals surface area contributed by atoms with Crippen LogP contribution in [0.15, 0.2) is 36.4 Å². The minimum Gasteiger partial charge on any atom is -0.452 e. The molecule has 0 aliphatic heterocycles. The van der Waals surface area contributed by atoms with Gasteiger partial charge in [0.25, 0.3) is 11.6 Å². The number of amides is 1. The van der Waals surface area contributed by atoms with Crippen molar-refractivity contribution in [3.63, 3.8) is 0 Å². The number of benzene rings is 2. The van der Waals surface area contributed by atoms with E-state index in [9.17, 15) is 19.7 Å². The molecule has 27 heavy (non-hydrogen) atoms. The molecule has 2 aromatic rings. The third-order valence-corrected chi connectivity index (χ3v) is 4.40. The number of nitrogens with one attached hydrogen (secondary N) is 1. The van der Waals surface area contributed by atoms with Crippen LogP contribution in [-0.4, -0.2) is 23.4 Å². The van der Waals surface area contributed by atoms with Gasteiger partial charge in [-0.1, -0.05) is 40.9 Å². The van der Waals surface area contributed by atoms with Crippen LogP contribution < -0.4 is 5.32 Å². The highest BCUT2D eigenvalue weighted by Gasteiger charge is 2.18. The predicted molar refractivity (Wildman–Crippen MR) is 101 cm³/mol. The fourth-order valence-corrected chi connectivity index (χ4v) is 3.03. The molecular weight excluding hydrogens is 419 g/mol. The topological polar surface area (TPSA) is 98.5 Å². The van der Waals surface area contributed by atoms with E-state index in [1.54, 1.807) is 25.1 Å². The van der Waals surface area contributed by atoms with Crippen LogP contribution in [0, 0.1) is 10.1 Å². The minimum atomic E-state index is -0.873. The Morgan fingerprint density at radius 3 is 2.44 bits per heavy atom. The van der Waals surface area contributed by atoms with Crippen molar-refractivity contribution in [2.45, 2.75) is 13.0 Å². The van der Waals surface area contributed by atoms with Crippen LogP contribution in [0.2, 0.25) is 15.1 Å². The van der Waals surface area contributed by atoms with Gasteiger partial charge in [-0.05, 0) is 30.7 Å². The van der Waals surface area contributed by atoms with E-state index < -0.39 is 29.4 Å². The lowest BCUT2D eigenvalue weighted by Gasteiger charge is -2.16. The summed E-state index contributed by atoms with van der Waals surface area (Å²) in [7, 11) is 0. The fourth-order valence-electron chi connectivity index (χ4n) is 2.21. The van der Waals surface area contributed by atoms with Crippen LogP contribution in [-0.2, 0) is 9.53 Å². The van der Waals surface area contributed by atoms with Gasteiger partial charge in [0.15, 0.2) is 6.61 Å². The summed E-state index contributed by atoms with van der Waals surface area (Å²) in [5.74, 6) is -1.43. The summed E-state index contributed by atoms with van der Waals surface area (Å²) < 4.78 is 4.90. The summed E-state index contributed by atoms with van der Waals surface area (Å²) in [6.07, 6.45) is 0. The number of rotatable bonds is 6. The van der Waals surface area contributed by atoms with Gasteiger partial charge in [-0.3, -0.25) is 14.9 Å². The molecule has 0 spiro atoms. The van der Waals surface area contributed by atoms with Gasteiger partial charge in [-0.2, -0.15) is 0 Å². The number of hydrogen-bond acceptors (Lipinski definition) is 5. The average molecular weight is 432 g/mol. The molecule has 0 bridgehead atoms. The van der Waals surface area contributed by atoms with Gasteiger partial charge in [-0.25, -0.2) is 4.79 Å². The maximum atomic E-state index is 12.0. The first kappa shape index (κ1) is 21.0. The molecule has 0 fully saturated rings. The molecule has 0 aliphatic carbocycles. The first-order valence-corrected chi connectivity index (χ1v) is 8.67. The van der Waals surface area contributed by atoms with E-state index in [2.05, 4.69) is 5.32 Å². The average Bonchev–Trinajstić information content (AvgIpc) is 2.59. The number of ether oxygens (including phenoxy) is 1. The molecule has 142 valence electrons. The largest absolute Gasteiger partial charge is 0.452 e. The van der Waals surface area contributed by atoms with E-state index >= 15 is 0 Å². The molecule has 0 saturated carbocycles. The van der Waals surface area contributed by atoms with Gasteiger partial charge >= 0.3 is 5.97 Å². The maximum absolute atomic E-state index is 12.0. The summed E-state index contributed by atoms with van der Waals surface area (Å²) in [6.45, 7) is 1.16. The van der Waals surface area contributed by atoms with Gasteiger partial charge in [0.1, 0.15) is 0 Å². The maximum Gasteiger partial charge on any atom is 0.340 e. The Balaban J connectivity index is 1.95. The molecule has 1 unspecified atom stereocenters. The Labute approximate surface area is 169 Å². The predicted octanol–water partition coefficient (Wildman–Crippen LogP) is 4.59. The summed E-state index contributed by atoms with van der Waals surface area (Å²) in [5, 5.41) is 14.0. The smallest absolute Gasteiger partial charge is 0.340 e. The summed E-state index contributed by atoms with van der Waals surface area (Å²) in [6, 6.07) is 7.74. The highest BCUT2D eigenvalue weighted by atomic mass is 35.5. The monoisotopic (exact) mass is 430 g/mol. The van der Waals surface area contributed by atoms with E-state index in [1.165, 1.54) is 0 Å². The van der Waals surface area contributed by atoms with Crippen LogP contribution in [0.1, 0.15) is 28.9 Å². The van der Waals surface area contributed by atoms with Crippen molar-refractivity contribution in [1.29, 1.82) is 0 Å². The molecule has 7 nitrogen and oxygen atoms in total. The second-order valence-electron chi connectivity index (χ2n) is 5.45. The van der Waals surface area contributed by atoms with Crippen molar-refractivity contribution in [3.8, 4) is 0 Å². The number of carbonyl (C=O) groups excluding carboxylic acids is 2. The fraction of sp³-hybridized carbons (Fsp3) is 0.176. The summed E-state index contributed by atoms with van der Waals surface area (Å²) >= 11 is 17.8. The first-order chi connectivity index (χ1) is 12.7. The highest BCUT2D eigenvalue weighted by Crippen LogP contribution is 2.26.